The van der Waals surface area contributed by atoms with Gasteiger partial charge in [0.2, 0.25) is 0 Å². The van der Waals surface area contributed by atoms with E-state index in [1.807, 2.05) is 0 Å². The number of nitrogens with two attached hydrogens (primary N) is 1. The van der Waals surface area contributed by atoms with Crippen molar-refractivity contribution >= 4 is 33.3 Å². The lowest BCUT2D eigenvalue weighted by Gasteiger charge is -2.29. The number of thiophene rings is 1. The smallest absolute Gasteiger partial charge is 0.346 e. The minimum absolute atomic E-state index is 0.113. The average Bonchev–Trinajstić information content (AvgIpc) is 2.80. The Bertz CT molecular complexity index is 685. The molecule has 0 bridgehead atoms. The van der Waals surface area contributed by atoms with E-state index in [0.717, 1.165) is 30.2 Å². The first-order valence-electron chi connectivity index (χ1n) is 7.07. The summed E-state index contributed by atoms with van der Waals surface area (Å²) in [6, 6.07) is 0.297. The summed E-state index contributed by atoms with van der Waals surface area (Å²) in [6.07, 6.45) is 5.82. The van der Waals surface area contributed by atoms with E-state index in [9.17, 15) is 9.90 Å². The molecule has 0 aromatic carbocycles. The first kappa shape index (κ1) is 14.2. The topological polar surface area (TPSA) is 101 Å². The monoisotopic (exact) mass is 306 g/mol. The highest BCUT2D eigenvalue weighted by atomic mass is 32.1. The summed E-state index contributed by atoms with van der Waals surface area (Å²) in [4.78, 5) is 20.8. The highest BCUT2D eigenvalue weighted by Gasteiger charge is 2.24. The fourth-order valence-corrected chi connectivity index (χ4v) is 3.89. The predicted molar refractivity (Wildman–Crippen MR) is 83.0 cm³/mol. The van der Waals surface area contributed by atoms with Gasteiger partial charge in [0.25, 0.3) is 0 Å². The van der Waals surface area contributed by atoms with Gasteiger partial charge in [-0.3, -0.25) is 0 Å². The molecule has 0 spiro atoms. The number of fused-ring (bicyclic) bond motifs is 1. The van der Waals surface area contributed by atoms with Gasteiger partial charge in [-0.25, -0.2) is 14.8 Å². The molecule has 7 heteroatoms. The molecule has 112 valence electrons. The third-order valence-corrected chi connectivity index (χ3v) is 5.25. The molecule has 1 aliphatic rings. The van der Waals surface area contributed by atoms with Gasteiger partial charge in [-0.15, -0.1) is 11.3 Å². The Labute approximate surface area is 126 Å². The fourth-order valence-electron chi connectivity index (χ4n) is 2.90. The normalized spacial score (nSPS) is 22.4. The zero-order chi connectivity index (χ0) is 15.0. The lowest BCUT2D eigenvalue weighted by Crippen LogP contribution is -2.42. The molecule has 1 saturated carbocycles. The van der Waals surface area contributed by atoms with Crippen molar-refractivity contribution in [2.24, 2.45) is 5.73 Å². The molecule has 4 N–H and O–H groups in total. The molecule has 3 rings (SSSR count). The Morgan fingerprint density at radius 2 is 2.19 bits per heavy atom. The van der Waals surface area contributed by atoms with Gasteiger partial charge in [0.15, 0.2) is 0 Å². The molecule has 21 heavy (non-hydrogen) atoms. The Hall–Kier alpha value is -1.73. The van der Waals surface area contributed by atoms with Crippen LogP contribution < -0.4 is 11.1 Å². The molecule has 6 nitrogen and oxygen atoms in total. The van der Waals surface area contributed by atoms with E-state index in [1.54, 1.807) is 6.92 Å². The Morgan fingerprint density at radius 1 is 1.43 bits per heavy atom. The molecule has 0 saturated heterocycles. The van der Waals surface area contributed by atoms with E-state index in [1.165, 1.54) is 24.1 Å². The second-order valence-electron chi connectivity index (χ2n) is 5.46. The molecule has 0 radical (unpaired) electrons. The van der Waals surface area contributed by atoms with E-state index in [0.29, 0.717) is 15.5 Å². The van der Waals surface area contributed by atoms with Gasteiger partial charge in [0, 0.05) is 12.1 Å². The molecule has 2 aromatic rings. The number of carboxylic acids is 1. The van der Waals surface area contributed by atoms with Crippen molar-refractivity contribution in [2.45, 2.75) is 44.7 Å². The number of hydrogen-bond acceptors (Lipinski definition) is 6. The third kappa shape index (κ3) is 2.58. The number of aromatic carboxylic acids is 1. The van der Waals surface area contributed by atoms with Crippen LogP contribution in [0.4, 0.5) is 5.82 Å². The van der Waals surface area contributed by atoms with Crippen LogP contribution in [0.2, 0.25) is 0 Å². The second-order valence-corrected chi connectivity index (χ2v) is 6.46. The summed E-state index contributed by atoms with van der Waals surface area (Å²) in [5.74, 6) is -0.223. The SMILES string of the molecule is Cc1c(C(=O)O)sc2ncnc(NC3CCCCC3N)c12. The van der Waals surface area contributed by atoms with Crippen LogP contribution in [0.15, 0.2) is 6.33 Å². The Balaban J connectivity index is 2.00. The van der Waals surface area contributed by atoms with Crippen molar-refractivity contribution in [3.8, 4) is 0 Å². The Kier molecular flexibility index (Phi) is 3.77. The van der Waals surface area contributed by atoms with Crippen LogP contribution in [0.3, 0.4) is 0 Å². The van der Waals surface area contributed by atoms with Crippen molar-refractivity contribution in [3.63, 3.8) is 0 Å². The van der Waals surface area contributed by atoms with Gasteiger partial charge in [-0.2, -0.15) is 0 Å². The van der Waals surface area contributed by atoms with Crippen molar-refractivity contribution in [3.05, 3.63) is 16.8 Å². The lowest BCUT2D eigenvalue weighted by atomic mass is 9.91. The third-order valence-electron chi connectivity index (χ3n) is 4.06. The number of rotatable bonds is 3. The summed E-state index contributed by atoms with van der Waals surface area (Å²) in [5.41, 5.74) is 6.88. The molecule has 0 aliphatic heterocycles. The number of aromatic nitrogens is 2. The van der Waals surface area contributed by atoms with Crippen LogP contribution in [0.1, 0.15) is 40.9 Å². The average molecular weight is 306 g/mol. The lowest BCUT2D eigenvalue weighted by molar-refractivity contribution is 0.0701. The number of nitrogens with one attached hydrogen (secondary N) is 1. The summed E-state index contributed by atoms with van der Waals surface area (Å²) < 4.78 is 0. The van der Waals surface area contributed by atoms with Crippen LogP contribution in [0.25, 0.3) is 10.2 Å². The number of carboxylic acid groups (broad SMARTS) is 1. The molecular formula is C14H18N4O2S. The van der Waals surface area contributed by atoms with Crippen molar-refractivity contribution in [2.75, 3.05) is 5.32 Å². The standard InChI is InChI=1S/C14H18N4O2S/c1-7-10-12(18-9-5-3-2-4-8(9)15)16-6-17-13(10)21-11(7)14(19)20/h6,8-9H,2-5,15H2,1H3,(H,19,20)(H,16,17,18). The second kappa shape index (κ2) is 5.57. The highest BCUT2D eigenvalue weighted by molar-refractivity contribution is 7.20. The van der Waals surface area contributed by atoms with E-state index in [-0.39, 0.29) is 12.1 Å². The van der Waals surface area contributed by atoms with Crippen molar-refractivity contribution < 1.29 is 9.90 Å². The summed E-state index contributed by atoms with van der Waals surface area (Å²) in [5, 5.41) is 13.5. The molecule has 1 fully saturated rings. The van der Waals surface area contributed by atoms with Crippen LogP contribution in [0, 0.1) is 6.92 Å². The fraction of sp³-hybridized carbons (Fsp3) is 0.500. The van der Waals surface area contributed by atoms with Gasteiger partial charge in [-0.05, 0) is 25.3 Å². The summed E-state index contributed by atoms with van der Waals surface area (Å²) >= 11 is 1.19. The first-order valence-corrected chi connectivity index (χ1v) is 7.89. The minimum atomic E-state index is -0.921. The minimum Gasteiger partial charge on any atom is -0.477 e. The first-order chi connectivity index (χ1) is 10.1. The van der Waals surface area contributed by atoms with Crippen LogP contribution >= 0.6 is 11.3 Å². The zero-order valence-electron chi connectivity index (χ0n) is 11.8. The quantitative estimate of drug-likeness (QED) is 0.805. The van der Waals surface area contributed by atoms with E-state index in [2.05, 4.69) is 15.3 Å². The number of carbonyl (C=O) groups is 1. The van der Waals surface area contributed by atoms with E-state index in [4.69, 9.17) is 5.73 Å². The number of anilines is 1. The molecule has 2 unspecified atom stereocenters. The molecular weight excluding hydrogens is 288 g/mol. The zero-order valence-corrected chi connectivity index (χ0v) is 12.6. The predicted octanol–water partition coefficient (Wildman–Crippen LogP) is 2.38. The van der Waals surface area contributed by atoms with Crippen molar-refractivity contribution in [1.29, 1.82) is 0 Å². The molecule has 1 aliphatic carbocycles. The Morgan fingerprint density at radius 3 is 2.90 bits per heavy atom. The molecule has 0 amide bonds. The van der Waals surface area contributed by atoms with Crippen molar-refractivity contribution in [1.82, 2.24) is 9.97 Å². The van der Waals surface area contributed by atoms with Gasteiger partial charge in [0.05, 0.1) is 5.39 Å². The van der Waals surface area contributed by atoms with Crippen LogP contribution in [0.5, 0.6) is 0 Å². The van der Waals surface area contributed by atoms with Gasteiger partial charge in [0.1, 0.15) is 21.9 Å². The van der Waals surface area contributed by atoms with Gasteiger partial charge < -0.3 is 16.2 Å². The van der Waals surface area contributed by atoms with Crippen LogP contribution in [-0.4, -0.2) is 33.1 Å². The van der Waals surface area contributed by atoms with Gasteiger partial charge in [-0.1, -0.05) is 12.8 Å². The number of aryl methyl sites for hydroxylation is 1. The van der Waals surface area contributed by atoms with E-state index >= 15 is 0 Å². The molecule has 2 heterocycles. The highest BCUT2D eigenvalue weighted by Crippen LogP contribution is 2.34. The molecule has 2 atom stereocenters. The number of hydrogen-bond donors (Lipinski definition) is 3. The number of nitrogens with zero attached hydrogens (tertiary/aromatic N) is 2. The van der Waals surface area contributed by atoms with Crippen LogP contribution in [-0.2, 0) is 0 Å². The molecule has 2 aromatic heterocycles. The van der Waals surface area contributed by atoms with Gasteiger partial charge >= 0.3 is 5.97 Å². The maximum Gasteiger partial charge on any atom is 0.346 e. The largest absolute Gasteiger partial charge is 0.477 e. The summed E-state index contributed by atoms with van der Waals surface area (Å²) in [7, 11) is 0. The maximum atomic E-state index is 11.3. The summed E-state index contributed by atoms with van der Waals surface area (Å²) in [6.45, 7) is 1.80. The maximum absolute atomic E-state index is 11.3. The van der Waals surface area contributed by atoms with E-state index < -0.39 is 5.97 Å².